The van der Waals surface area contributed by atoms with Crippen molar-refractivity contribution in [2.45, 2.75) is 70.6 Å². The van der Waals surface area contributed by atoms with Crippen LogP contribution in [-0.4, -0.2) is 62.4 Å². The van der Waals surface area contributed by atoms with E-state index in [-0.39, 0.29) is 25.6 Å². The van der Waals surface area contributed by atoms with Crippen molar-refractivity contribution in [1.82, 2.24) is 30.9 Å². The third-order valence-corrected chi connectivity index (χ3v) is 7.55. The number of pyridine rings is 1. The third-order valence-electron chi connectivity index (χ3n) is 7.55. The standard InChI is InChI=1S/C36H42N6O6/c1-25(2)33(42-36(46)48-24-30-22-38-16-17-39-30)34(44)41-31(19-27-12-7-4-8-13-27)32(43)20-29(18-26-10-5-3-6-11-26)40-35(45)47-23-28-14-9-15-37-21-28/h3-17,21-22,25,29,31-33,43H,18-20,23-24H2,1-2H3,(H,40,45)(H,41,44)(H,42,46)/t29-,31-,32-,33?/m0/s1. The normalized spacial score (nSPS) is 13.4. The van der Waals surface area contributed by atoms with Gasteiger partial charge in [-0.1, -0.05) is 80.6 Å². The topological polar surface area (TPSA) is 165 Å². The summed E-state index contributed by atoms with van der Waals surface area (Å²) < 4.78 is 10.7. The van der Waals surface area contributed by atoms with E-state index < -0.39 is 42.3 Å². The summed E-state index contributed by atoms with van der Waals surface area (Å²) in [5.74, 6) is -0.782. The zero-order chi connectivity index (χ0) is 34.1. The number of carbonyl (C=O) groups excluding carboxylic acids is 3. The monoisotopic (exact) mass is 654 g/mol. The molecule has 4 rings (SSSR count). The van der Waals surface area contributed by atoms with Gasteiger partial charge in [-0.05, 0) is 42.4 Å². The summed E-state index contributed by atoms with van der Waals surface area (Å²) in [5, 5.41) is 20.2. The average molecular weight is 655 g/mol. The van der Waals surface area contributed by atoms with E-state index in [0.717, 1.165) is 16.7 Å². The Kier molecular flexibility index (Phi) is 13.8. The lowest BCUT2D eigenvalue weighted by Gasteiger charge is -2.30. The number of aliphatic hydroxyl groups is 1. The zero-order valence-electron chi connectivity index (χ0n) is 27.1. The second-order valence-electron chi connectivity index (χ2n) is 11.7. The fourth-order valence-corrected chi connectivity index (χ4v) is 5.06. The van der Waals surface area contributed by atoms with E-state index in [9.17, 15) is 19.5 Å². The quantitative estimate of drug-likeness (QED) is 0.139. The number of carbonyl (C=O) groups is 3. The van der Waals surface area contributed by atoms with Crippen molar-refractivity contribution in [3.8, 4) is 0 Å². The number of amides is 3. The largest absolute Gasteiger partial charge is 0.445 e. The van der Waals surface area contributed by atoms with E-state index in [0.29, 0.717) is 18.5 Å². The first-order valence-electron chi connectivity index (χ1n) is 15.8. The van der Waals surface area contributed by atoms with Crippen LogP contribution in [0.2, 0.25) is 0 Å². The lowest BCUT2D eigenvalue weighted by Crippen LogP contribution is -2.56. The first-order valence-corrected chi connectivity index (χ1v) is 15.8. The van der Waals surface area contributed by atoms with Crippen LogP contribution in [0.15, 0.2) is 104 Å². The number of benzene rings is 2. The highest BCUT2D eigenvalue weighted by molar-refractivity contribution is 5.86. The van der Waals surface area contributed by atoms with Crippen LogP contribution in [0.25, 0.3) is 0 Å². The summed E-state index contributed by atoms with van der Waals surface area (Å²) in [5.41, 5.74) is 3.05. The molecule has 0 saturated heterocycles. The van der Waals surface area contributed by atoms with Crippen molar-refractivity contribution in [3.05, 3.63) is 126 Å². The molecule has 4 N–H and O–H groups in total. The highest BCUT2D eigenvalue weighted by Gasteiger charge is 2.31. The molecule has 0 saturated carbocycles. The zero-order valence-corrected chi connectivity index (χ0v) is 27.1. The van der Waals surface area contributed by atoms with E-state index in [1.54, 1.807) is 38.4 Å². The van der Waals surface area contributed by atoms with Crippen LogP contribution in [0, 0.1) is 5.92 Å². The van der Waals surface area contributed by atoms with Crippen LogP contribution in [0.3, 0.4) is 0 Å². The van der Waals surface area contributed by atoms with Gasteiger partial charge in [0.15, 0.2) is 0 Å². The molecule has 0 radical (unpaired) electrons. The molecule has 252 valence electrons. The van der Waals surface area contributed by atoms with E-state index in [1.165, 1.54) is 18.6 Å². The molecule has 3 amide bonds. The molecule has 0 bridgehead atoms. The Labute approximate surface area is 280 Å². The predicted molar refractivity (Wildman–Crippen MR) is 178 cm³/mol. The average Bonchev–Trinajstić information content (AvgIpc) is 3.10. The number of aromatic nitrogens is 3. The van der Waals surface area contributed by atoms with Gasteiger partial charge in [-0.15, -0.1) is 0 Å². The highest BCUT2D eigenvalue weighted by atomic mass is 16.6. The van der Waals surface area contributed by atoms with Crippen molar-refractivity contribution in [1.29, 1.82) is 0 Å². The molecule has 0 fully saturated rings. The number of nitrogens with zero attached hydrogens (tertiary/aromatic N) is 3. The third kappa shape index (κ3) is 12.1. The summed E-state index contributed by atoms with van der Waals surface area (Å²) in [4.78, 5) is 51.3. The summed E-state index contributed by atoms with van der Waals surface area (Å²) >= 11 is 0. The lowest BCUT2D eigenvalue weighted by molar-refractivity contribution is -0.125. The van der Waals surface area contributed by atoms with E-state index in [1.807, 2.05) is 60.7 Å². The Bertz CT molecular complexity index is 1550. The molecule has 12 nitrogen and oxygen atoms in total. The number of rotatable bonds is 16. The minimum absolute atomic E-state index is 0.0394. The maximum atomic E-state index is 13.7. The molecular formula is C36H42N6O6. The Hall–Kier alpha value is -5.36. The van der Waals surface area contributed by atoms with Crippen LogP contribution in [-0.2, 0) is 40.3 Å². The number of aliphatic hydroxyl groups excluding tert-OH is 1. The van der Waals surface area contributed by atoms with Gasteiger partial charge < -0.3 is 30.5 Å². The molecule has 0 aliphatic rings. The Morgan fingerprint density at radius 3 is 1.96 bits per heavy atom. The van der Waals surface area contributed by atoms with E-state index in [2.05, 4.69) is 30.9 Å². The molecule has 1 unspecified atom stereocenters. The molecule has 0 aliphatic heterocycles. The molecule has 4 atom stereocenters. The van der Waals surface area contributed by atoms with Crippen molar-refractivity contribution in [2.75, 3.05) is 0 Å². The maximum absolute atomic E-state index is 13.7. The van der Waals surface area contributed by atoms with Crippen LogP contribution < -0.4 is 16.0 Å². The van der Waals surface area contributed by atoms with Gasteiger partial charge in [-0.25, -0.2) is 9.59 Å². The Balaban J connectivity index is 1.46. The van der Waals surface area contributed by atoms with Crippen LogP contribution in [0.1, 0.15) is 42.7 Å². The summed E-state index contributed by atoms with van der Waals surface area (Å²) in [7, 11) is 0. The lowest BCUT2D eigenvalue weighted by atomic mass is 9.93. The second-order valence-corrected chi connectivity index (χ2v) is 11.7. The van der Waals surface area contributed by atoms with Crippen molar-refractivity contribution < 1.29 is 29.0 Å². The van der Waals surface area contributed by atoms with Crippen LogP contribution in [0.4, 0.5) is 9.59 Å². The van der Waals surface area contributed by atoms with Gasteiger partial charge in [-0.3, -0.25) is 19.7 Å². The minimum atomic E-state index is -1.09. The van der Waals surface area contributed by atoms with Gasteiger partial charge in [0, 0.05) is 36.4 Å². The first-order chi connectivity index (χ1) is 23.3. The van der Waals surface area contributed by atoms with Crippen LogP contribution >= 0.6 is 0 Å². The highest BCUT2D eigenvalue weighted by Crippen LogP contribution is 2.16. The van der Waals surface area contributed by atoms with Crippen molar-refractivity contribution in [2.24, 2.45) is 5.92 Å². The first kappa shape index (κ1) is 35.5. The molecule has 12 heteroatoms. The van der Waals surface area contributed by atoms with E-state index >= 15 is 0 Å². The molecule has 4 aromatic rings. The van der Waals surface area contributed by atoms with Gasteiger partial charge in [0.05, 0.1) is 24.0 Å². The van der Waals surface area contributed by atoms with E-state index in [4.69, 9.17) is 9.47 Å². The van der Waals surface area contributed by atoms with Gasteiger partial charge in [-0.2, -0.15) is 0 Å². The molecule has 0 aliphatic carbocycles. The molecule has 2 heterocycles. The molecule has 2 aromatic heterocycles. The Morgan fingerprint density at radius 2 is 1.33 bits per heavy atom. The van der Waals surface area contributed by atoms with Gasteiger partial charge in [0.25, 0.3) is 0 Å². The molecule has 48 heavy (non-hydrogen) atoms. The number of hydrogen-bond donors (Lipinski definition) is 4. The van der Waals surface area contributed by atoms with Gasteiger partial charge >= 0.3 is 12.2 Å². The smallest absolute Gasteiger partial charge is 0.408 e. The van der Waals surface area contributed by atoms with Crippen LogP contribution in [0.5, 0.6) is 0 Å². The summed E-state index contributed by atoms with van der Waals surface area (Å²) in [6.07, 6.45) is 6.06. The molecule has 2 aromatic carbocycles. The second kappa shape index (κ2) is 18.7. The predicted octanol–water partition coefficient (Wildman–Crippen LogP) is 4.14. The molecule has 0 spiro atoms. The van der Waals surface area contributed by atoms with Crippen molar-refractivity contribution >= 4 is 18.1 Å². The number of alkyl carbamates (subject to hydrolysis) is 2. The number of ether oxygens (including phenoxy) is 2. The fourth-order valence-electron chi connectivity index (χ4n) is 5.06. The summed E-state index contributed by atoms with van der Waals surface area (Å²) in [6.45, 7) is 3.53. The molecular weight excluding hydrogens is 612 g/mol. The number of hydrogen-bond acceptors (Lipinski definition) is 9. The maximum Gasteiger partial charge on any atom is 0.408 e. The Morgan fingerprint density at radius 1 is 0.708 bits per heavy atom. The fraction of sp³-hybridized carbons (Fsp3) is 0.333. The SMILES string of the molecule is CC(C)C(NC(=O)OCc1cnccn1)C(=O)N[C@@H](Cc1ccccc1)[C@@H](O)C[C@H](Cc1ccccc1)NC(=O)OCc1cccnc1. The van der Waals surface area contributed by atoms with Gasteiger partial charge in [0.1, 0.15) is 19.3 Å². The minimum Gasteiger partial charge on any atom is -0.445 e. The summed E-state index contributed by atoms with van der Waals surface area (Å²) in [6, 6.07) is 20.4. The number of nitrogens with one attached hydrogen (secondary N) is 3. The van der Waals surface area contributed by atoms with Gasteiger partial charge in [0.2, 0.25) is 5.91 Å². The van der Waals surface area contributed by atoms with Crippen molar-refractivity contribution in [3.63, 3.8) is 0 Å².